The van der Waals surface area contributed by atoms with Gasteiger partial charge in [-0.15, -0.1) is 0 Å². The van der Waals surface area contributed by atoms with E-state index in [-0.39, 0.29) is 36.9 Å². The van der Waals surface area contributed by atoms with Gasteiger partial charge in [0.1, 0.15) is 17.8 Å². The van der Waals surface area contributed by atoms with Gasteiger partial charge in [-0.3, -0.25) is 14.9 Å². The minimum absolute atomic E-state index is 0.0198. The SMILES string of the molecule is CC1(C(=O)O)CN(C(=O)c2cc(F)cc(NC(=O)OCC3c4ccccc4-c4ccccc43)c2)C1. The smallest absolute Gasteiger partial charge is 0.411 e. The topological polar surface area (TPSA) is 95.9 Å². The second kappa shape index (κ2) is 8.54. The zero-order valence-electron chi connectivity index (χ0n) is 19.0. The zero-order valence-corrected chi connectivity index (χ0v) is 19.0. The molecule has 3 aromatic rings. The Hall–Kier alpha value is -4.20. The van der Waals surface area contributed by atoms with E-state index in [1.807, 2.05) is 48.5 Å². The number of carboxylic acid groups (broad SMARTS) is 1. The van der Waals surface area contributed by atoms with Crippen LogP contribution in [0.3, 0.4) is 0 Å². The molecule has 178 valence electrons. The molecule has 7 nitrogen and oxygen atoms in total. The van der Waals surface area contributed by atoms with Crippen molar-refractivity contribution in [3.8, 4) is 11.1 Å². The third kappa shape index (κ3) is 4.12. The second-order valence-corrected chi connectivity index (χ2v) is 9.21. The van der Waals surface area contributed by atoms with E-state index in [0.29, 0.717) is 0 Å². The molecule has 0 radical (unpaired) electrons. The number of hydrogen-bond acceptors (Lipinski definition) is 4. The predicted octanol–water partition coefficient (Wildman–Crippen LogP) is 4.73. The van der Waals surface area contributed by atoms with E-state index in [0.717, 1.165) is 34.4 Å². The molecule has 1 aliphatic carbocycles. The van der Waals surface area contributed by atoms with Crippen LogP contribution in [0, 0.1) is 11.2 Å². The summed E-state index contributed by atoms with van der Waals surface area (Å²) < 4.78 is 19.7. The van der Waals surface area contributed by atoms with E-state index in [2.05, 4.69) is 5.32 Å². The number of rotatable bonds is 5. The molecule has 0 spiro atoms. The number of hydrogen-bond donors (Lipinski definition) is 2. The molecule has 3 aromatic carbocycles. The summed E-state index contributed by atoms with van der Waals surface area (Å²) in [6, 6.07) is 19.4. The number of nitrogens with one attached hydrogen (secondary N) is 1. The Labute approximate surface area is 201 Å². The molecule has 1 aliphatic heterocycles. The standard InChI is InChI=1S/C27H23FN2O5/c1-27(25(32)33)14-30(15-27)24(31)16-10-17(28)12-18(11-16)29-26(34)35-13-23-21-8-4-2-6-19(21)20-7-3-5-9-22(20)23/h2-12,23H,13-15H2,1H3,(H,29,34)(H,32,33). The number of ether oxygens (including phenoxy) is 1. The molecule has 5 rings (SSSR count). The first-order valence-electron chi connectivity index (χ1n) is 11.2. The number of amides is 2. The highest BCUT2D eigenvalue weighted by atomic mass is 19.1. The highest BCUT2D eigenvalue weighted by molar-refractivity contribution is 5.98. The maximum atomic E-state index is 14.2. The van der Waals surface area contributed by atoms with Crippen molar-refractivity contribution < 1.29 is 28.6 Å². The number of likely N-dealkylation sites (tertiary alicyclic amines) is 1. The third-order valence-electron chi connectivity index (χ3n) is 6.62. The van der Waals surface area contributed by atoms with Gasteiger partial charge in [-0.2, -0.15) is 0 Å². The van der Waals surface area contributed by atoms with Crippen LogP contribution in [-0.2, 0) is 9.53 Å². The minimum atomic E-state index is -1.01. The molecule has 0 atom stereocenters. The Morgan fingerprint density at radius 3 is 2.23 bits per heavy atom. The summed E-state index contributed by atoms with van der Waals surface area (Å²) in [4.78, 5) is 37.8. The lowest BCUT2D eigenvalue weighted by molar-refractivity contribution is -0.155. The van der Waals surface area contributed by atoms with Gasteiger partial charge in [0.25, 0.3) is 5.91 Å². The first-order chi connectivity index (χ1) is 16.7. The lowest BCUT2D eigenvalue weighted by atomic mass is 9.81. The molecule has 0 unspecified atom stereocenters. The summed E-state index contributed by atoms with van der Waals surface area (Å²) in [5.41, 5.74) is 3.45. The van der Waals surface area contributed by atoms with Crippen LogP contribution < -0.4 is 5.32 Å². The van der Waals surface area contributed by atoms with Crippen molar-refractivity contribution in [2.75, 3.05) is 25.0 Å². The molecule has 2 N–H and O–H groups in total. The number of benzene rings is 3. The number of halogens is 1. The summed E-state index contributed by atoms with van der Waals surface area (Å²) in [6.07, 6.45) is -0.765. The number of anilines is 1. The van der Waals surface area contributed by atoms with Gasteiger partial charge in [0.15, 0.2) is 0 Å². The third-order valence-corrected chi connectivity index (χ3v) is 6.62. The van der Waals surface area contributed by atoms with Crippen molar-refractivity contribution in [3.63, 3.8) is 0 Å². The molecule has 1 heterocycles. The van der Waals surface area contributed by atoms with Crippen LogP contribution in [0.15, 0.2) is 66.7 Å². The summed E-state index contributed by atoms with van der Waals surface area (Å²) >= 11 is 0. The van der Waals surface area contributed by atoms with Crippen LogP contribution in [0.25, 0.3) is 11.1 Å². The first kappa shape index (κ1) is 22.6. The van der Waals surface area contributed by atoms with Gasteiger partial charge in [-0.1, -0.05) is 48.5 Å². The second-order valence-electron chi connectivity index (χ2n) is 9.21. The van der Waals surface area contributed by atoms with Crippen molar-refractivity contribution in [1.82, 2.24) is 4.90 Å². The van der Waals surface area contributed by atoms with E-state index in [9.17, 15) is 23.9 Å². The molecule has 8 heteroatoms. The van der Waals surface area contributed by atoms with Crippen LogP contribution in [-0.4, -0.2) is 47.7 Å². The Morgan fingerprint density at radius 1 is 1.03 bits per heavy atom. The van der Waals surface area contributed by atoms with E-state index >= 15 is 0 Å². The number of nitrogens with zero attached hydrogens (tertiary/aromatic N) is 1. The minimum Gasteiger partial charge on any atom is -0.481 e. The maximum Gasteiger partial charge on any atom is 0.411 e. The molecule has 2 aliphatic rings. The Balaban J connectivity index is 1.25. The average molecular weight is 474 g/mol. The van der Waals surface area contributed by atoms with Gasteiger partial charge in [0.2, 0.25) is 0 Å². The Kier molecular flexibility index (Phi) is 5.51. The quantitative estimate of drug-likeness (QED) is 0.557. The van der Waals surface area contributed by atoms with Crippen LogP contribution in [0.2, 0.25) is 0 Å². The zero-order chi connectivity index (χ0) is 24.7. The lowest BCUT2D eigenvalue weighted by Crippen LogP contribution is -2.60. The average Bonchev–Trinajstić information content (AvgIpc) is 3.13. The van der Waals surface area contributed by atoms with E-state index in [1.165, 1.54) is 11.0 Å². The van der Waals surface area contributed by atoms with Crippen molar-refractivity contribution in [1.29, 1.82) is 0 Å². The van der Waals surface area contributed by atoms with Crippen LogP contribution in [0.4, 0.5) is 14.9 Å². The normalized spacial score (nSPS) is 15.5. The summed E-state index contributed by atoms with van der Waals surface area (Å²) in [6.45, 7) is 1.72. The summed E-state index contributed by atoms with van der Waals surface area (Å²) in [7, 11) is 0. The highest BCUT2D eigenvalue weighted by Gasteiger charge is 2.47. The van der Waals surface area contributed by atoms with Crippen LogP contribution in [0.5, 0.6) is 0 Å². The van der Waals surface area contributed by atoms with Crippen molar-refractivity contribution in [3.05, 3.63) is 89.2 Å². The van der Waals surface area contributed by atoms with Crippen LogP contribution in [0.1, 0.15) is 34.3 Å². The Bertz CT molecular complexity index is 1300. The first-order valence-corrected chi connectivity index (χ1v) is 11.2. The van der Waals surface area contributed by atoms with Gasteiger partial charge in [0.05, 0.1) is 0 Å². The number of aliphatic carboxylic acids is 1. The molecule has 35 heavy (non-hydrogen) atoms. The summed E-state index contributed by atoms with van der Waals surface area (Å²) in [5.74, 6) is -2.31. The largest absolute Gasteiger partial charge is 0.481 e. The van der Waals surface area contributed by atoms with Crippen molar-refractivity contribution >= 4 is 23.7 Å². The lowest BCUT2D eigenvalue weighted by Gasteiger charge is -2.44. The molecule has 0 saturated carbocycles. The fourth-order valence-electron chi connectivity index (χ4n) is 4.80. The van der Waals surface area contributed by atoms with Crippen LogP contribution >= 0.6 is 0 Å². The highest BCUT2D eigenvalue weighted by Crippen LogP contribution is 2.44. The predicted molar refractivity (Wildman–Crippen MR) is 127 cm³/mol. The molecule has 0 aromatic heterocycles. The Morgan fingerprint density at radius 2 is 1.63 bits per heavy atom. The van der Waals surface area contributed by atoms with Crippen molar-refractivity contribution in [2.45, 2.75) is 12.8 Å². The molecular weight excluding hydrogens is 451 g/mol. The molecule has 2 amide bonds. The maximum absolute atomic E-state index is 14.2. The number of carboxylic acids is 1. The molecule has 1 fully saturated rings. The summed E-state index contributed by atoms with van der Waals surface area (Å²) in [5, 5.41) is 11.7. The van der Waals surface area contributed by atoms with Gasteiger partial charge in [-0.25, -0.2) is 9.18 Å². The fraction of sp³-hybridized carbons (Fsp3) is 0.222. The molecular formula is C27H23FN2O5. The number of carbonyl (C=O) groups excluding carboxylic acids is 2. The number of fused-ring (bicyclic) bond motifs is 3. The number of carbonyl (C=O) groups is 3. The monoisotopic (exact) mass is 474 g/mol. The van der Waals surface area contributed by atoms with Gasteiger partial charge >= 0.3 is 12.1 Å². The van der Waals surface area contributed by atoms with E-state index in [4.69, 9.17) is 4.74 Å². The van der Waals surface area contributed by atoms with E-state index < -0.39 is 29.2 Å². The van der Waals surface area contributed by atoms with Gasteiger partial charge < -0.3 is 14.7 Å². The van der Waals surface area contributed by atoms with Gasteiger partial charge in [0, 0.05) is 30.3 Å². The molecule has 1 saturated heterocycles. The van der Waals surface area contributed by atoms with Gasteiger partial charge in [-0.05, 0) is 47.4 Å². The fourth-order valence-corrected chi connectivity index (χ4v) is 4.80. The molecule has 0 bridgehead atoms. The van der Waals surface area contributed by atoms with Crippen molar-refractivity contribution in [2.24, 2.45) is 5.41 Å². The van der Waals surface area contributed by atoms with E-state index in [1.54, 1.807) is 6.92 Å².